The van der Waals surface area contributed by atoms with Crippen molar-refractivity contribution in [2.75, 3.05) is 11.9 Å². The predicted molar refractivity (Wildman–Crippen MR) is 77.3 cm³/mol. The van der Waals surface area contributed by atoms with Crippen molar-refractivity contribution in [1.82, 2.24) is 9.97 Å². The minimum atomic E-state index is -1.11. The third-order valence-corrected chi connectivity index (χ3v) is 3.44. The van der Waals surface area contributed by atoms with Gasteiger partial charge in [-0.3, -0.25) is 0 Å². The van der Waals surface area contributed by atoms with E-state index in [1.807, 2.05) is 0 Å². The Labute approximate surface area is 123 Å². The molecule has 1 aromatic rings. The number of carboxylic acid groups (broad SMARTS) is 1. The summed E-state index contributed by atoms with van der Waals surface area (Å²) in [6.45, 7) is 7.20. The molecule has 0 fully saturated rings. The van der Waals surface area contributed by atoms with Crippen LogP contribution in [-0.4, -0.2) is 39.2 Å². The number of aryl methyl sites for hydroxylation is 1. The van der Waals surface area contributed by atoms with E-state index in [0.29, 0.717) is 18.5 Å². The molecular weight excluding hydrogens is 274 g/mol. The monoisotopic (exact) mass is 295 g/mol. The van der Waals surface area contributed by atoms with E-state index in [1.54, 1.807) is 27.7 Å². The smallest absolute Gasteiger partial charge is 0.341 e. The molecule has 7 nitrogen and oxygen atoms in total. The maximum absolute atomic E-state index is 11.7. The molecule has 0 aliphatic rings. The molecule has 0 aliphatic carbocycles. The van der Waals surface area contributed by atoms with Crippen molar-refractivity contribution >= 4 is 17.9 Å². The van der Waals surface area contributed by atoms with E-state index in [-0.39, 0.29) is 18.1 Å². The number of aromatic nitrogens is 2. The summed E-state index contributed by atoms with van der Waals surface area (Å²) in [6, 6.07) is 0. The maximum Gasteiger partial charge on any atom is 0.341 e. The lowest BCUT2D eigenvalue weighted by Gasteiger charge is -2.28. The van der Waals surface area contributed by atoms with E-state index >= 15 is 0 Å². The van der Waals surface area contributed by atoms with E-state index in [9.17, 15) is 14.7 Å². The van der Waals surface area contributed by atoms with Crippen molar-refractivity contribution < 1.29 is 19.4 Å². The summed E-state index contributed by atoms with van der Waals surface area (Å²) in [5.41, 5.74) is -0.397. The quantitative estimate of drug-likeness (QED) is 0.742. The van der Waals surface area contributed by atoms with E-state index in [2.05, 4.69) is 15.3 Å². The summed E-state index contributed by atoms with van der Waals surface area (Å²) in [5.74, 6) is -1.26. The van der Waals surface area contributed by atoms with E-state index in [0.717, 1.165) is 0 Å². The molecule has 0 aliphatic heterocycles. The van der Waals surface area contributed by atoms with Gasteiger partial charge in [-0.1, -0.05) is 13.8 Å². The fourth-order valence-electron chi connectivity index (χ4n) is 1.93. The van der Waals surface area contributed by atoms with Crippen molar-refractivity contribution in [3.8, 4) is 0 Å². The number of carboxylic acids is 1. The van der Waals surface area contributed by atoms with Crippen LogP contribution in [0.15, 0.2) is 6.20 Å². The van der Waals surface area contributed by atoms with Gasteiger partial charge < -0.3 is 15.2 Å². The molecule has 0 spiro atoms. The minimum absolute atomic E-state index is 0.187. The third kappa shape index (κ3) is 3.68. The summed E-state index contributed by atoms with van der Waals surface area (Å²) in [5, 5.41) is 12.2. The third-order valence-electron chi connectivity index (χ3n) is 3.44. The number of nitrogens with zero attached hydrogens (tertiary/aromatic N) is 2. The zero-order valence-electron chi connectivity index (χ0n) is 12.8. The summed E-state index contributed by atoms with van der Waals surface area (Å²) < 4.78 is 4.90. The molecule has 21 heavy (non-hydrogen) atoms. The lowest BCUT2D eigenvalue weighted by atomic mass is 9.93. The average Bonchev–Trinajstić information content (AvgIpc) is 2.44. The van der Waals surface area contributed by atoms with Crippen molar-refractivity contribution in [3.05, 3.63) is 17.5 Å². The van der Waals surface area contributed by atoms with Crippen LogP contribution in [-0.2, 0) is 9.53 Å². The molecule has 7 heteroatoms. The zero-order valence-corrected chi connectivity index (χ0v) is 12.8. The fraction of sp³-hybridized carbons (Fsp3) is 0.571. The van der Waals surface area contributed by atoms with E-state index in [1.165, 1.54) is 6.20 Å². The van der Waals surface area contributed by atoms with Crippen molar-refractivity contribution in [2.45, 2.75) is 46.1 Å². The summed E-state index contributed by atoms with van der Waals surface area (Å²) >= 11 is 0. The number of hydrogen-bond donors (Lipinski definition) is 2. The molecule has 2 N–H and O–H groups in total. The predicted octanol–water partition coefficient (Wildman–Crippen LogP) is 2.02. The molecule has 0 amide bonds. The Balaban J connectivity index is 3.04. The Morgan fingerprint density at radius 1 is 1.33 bits per heavy atom. The van der Waals surface area contributed by atoms with Gasteiger partial charge in [-0.15, -0.1) is 0 Å². The molecule has 0 aromatic carbocycles. The number of esters is 1. The molecule has 1 rings (SSSR count). The highest BCUT2D eigenvalue weighted by Crippen LogP contribution is 2.21. The van der Waals surface area contributed by atoms with Gasteiger partial charge in [0.2, 0.25) is 5.95 Å². The normalized spacial score (nSPS) is 11.0. The highest BCUT2D eigenvalue weighted by Gasteiger charge is 2.35. The number of carbonyl (C=O) groups excluding carboxylic acids is 1. The second kappa shape index (κ2) is 7.01. The molecule has 0 atom stereocenters. The van der Waals surface area contributed by atoms with Crippen LogP contribution in [0.5, 0.6) is 0 Å². The number of hydrogen-bond acceptors (Lipinski definition) is 6. The summed E-state index contributed by atoms with van der Waals surface area (Å²) in [4.78, 5) is 31.3. The van der Waals surface area contributed by atoms with Crippen LogP contribution < -0.4 is 5.32 Å². The average molecular weight is 295 g/mol. The topological polar surface area (TPSA) is 101 Å². The number of nitrogens with one attached hydrogen (secondary N) is 1. The summed E-state index contributed by atoms with van der Waals surface area (Å²) in [7, 11) is 0. The van der Waals surface area contributed by atoms with Crippen LogP contribution in [0.25, 0.3) is 0 Å². The van der Waals surface area contributed by atoms with Gasteiger partial charge in [0.15, 0.2) is 0 Å². The lowest BCUT2D eigenvalue weighted by molar-refractivity contribution is -0.142. The Hall–Kier alpha value is -2.18. The van der Waals surface area contributed by atoms with Crippen LogP contribution in [0.2, 0.25) is 0 Å². The van der Waals surface area contributed by atoms with E-state index in [4.69, 9.17) is 4.74 Å². The molecule has 0 saturated carbocycles. The van der Waals surface area contributed by atoms with Crippen molar-refractivity contribution in [3.63, 3.8) is 0 Å². The first-order valence-electron chi connectivity index (χ1n) is 6.92. The van der Waals surface area contributed by atoms with Gasteiger partial charge in [-0.05, 0) is 26.7 Å². The van der Waals surface area contributed by atoms with Gasteiger partial charge in [-0.25, -0.2) is 19.6 Å². The van der Waals surface area contributed by atoms with Crippen LogP contribution in [0.4, 0.5) is 5.95 Å². The Morgan fingerprint density at radius 3 is 2.38 bits per heavy atom. The fourth-order valence-corrected chi connectivity index (χ4v) is 1.93. The van der Waals surface area contributed by atoms with Gasteiger partial charge >= 0.3 is 11.9 Å². The van der Waals surface area contributed by atoms with Gasteiger partial charge in [0.05, 0.1) is 17.9 Å². The molecule has 0 bridgehead atoms. The molecule has 0 saturated heterocycles. The SMILES string of the molecule is CCOC(=O)c1cnc(NC(CC)(CC)C(=O)O)nc1C. The maximum atomic E-state index is 11.7. The minimum Gasteiger partial charge on any atom is -0.480 e. The Bertz CT molecular complexity index is 527. The number of aliphatic carboxylic acids is 1. The Kier molecular flexibility index (Phi) is 5.63. The Morgan fingerprint density at radius 2 is 1.95 bits per heavy atom. The first kappa shape index (κ1) is 16.9. The molecule has 0 unspecified atom stereocenters. The molecule has 1 heterocycles. The van der Waals surface area contributed by atoms with Gasteiger partial charge in [0.25, 0.3) is 0 Å². The van der Waals surface area contributed by atoms with Gasteiger partial charge in [-0.2, -0.15) is 0 Å². The first-order chi connectivity index (χ1) is 9.90. The lowest BCUT2D eigenvalue weighted by Crippen LogP contribution is -2.45. The number of anilines is 1. The molecule has 116 valence electrons. The number of ether oxygens (including phenoxy) is 1. The molecule has 0 radical (unpaired) electrons. The molecule has 1 aromatic heterocycles. The second-order valence-electron chi connectivity index (χ2n) is 4.63. The van der Waals surface area contributed by atoms with Crippen LogP contribution in [0, 0.1) is 6.92 Å². The van der Waals surface area contributed by atoms with Gasteiger partial charge in [0.1, 0.15) is 5.54 Å². The van der Waals surface area contributed by atoms with Gasteiger partial charge in [0, 0.05) is 6.20 Å². The number of rotatable bonds is 7. The number of carbonyl (C=O) groups is 2. The van der Waals surface area contributed by atoms with Crippen molar-refractivity contribution in [1.29, 1.82) is 0 Å². The van der Waals surface area contributed by atoms with Crippen LogP contribution >= 0.6 is 0 Å². The van der Waals surface area contributed by atoms with Crippen LogP contribution in [0.3, 0.4) is 0 Å². The van der Waals surface area contributed by atoms with Crippen LogP contribution in [0.1, 0.15) is 49.7 Å². The first-order valence-corrected chi connectivity index (χ1v) is 6.92. The largest absolute Gasteiger partial charge is 0.480 e. The second-order valence-corrected chi connectivity index (χ2v) is 4.63. The standard InChI is InChI=1S/C14H21N3O4/c1-5-14(6-2,12(19)20)17-13-15-8-10(9(4)16-13)11(18)21-7-3/h8H,5-7H2,1-4H3,(H,19,20)(H,15,16,17). The highest BCUT2D eigenvalue weighted by atomic mass is 16.5. The summed E-state index contributed by atoms with van der Waals surface area (Å²) in [6.07, 6.45) is 2.13. The highest BCUT2D eigenvalue weighted by molar-refractivity contribution is 5.90. The molecular formula is C14H21N3O4. The van der Waals surface area contributed by atoms with E-state index < -0.39 is 17.5 Å². The van der Waals surface area contributed by atoms with Crippen molar-refractivity contribution in [2.24, 2.45) is 0 Å². The zero-order chi connectivity index (χ0) is 16.0.